The Morgan fingerprint density at radius 1 is 0.826 bits per heavy atom. The minimum absolute atomic E-state index is 0.179. The predicted molar refractivity (Wildman–Crippen MR) is 87.2 cm³/mol. The summed E-state index contributed by atoms with van der Waals surface area (Å²) in [5.74, 6) is -1.54. The molecule has 2 atom stereocenters. The van der Waals surface area contributed by atoms with Crippen molar-refractivity contribution >= 4 is 42.1 Å². The van der Waals surface area contributed by atoms with Gasteiger partial charge in [-0.05, 0) is 19.8 Å². The maximum Gasteiger partial charge on any atom is 0.268 e. The molecule has 0 spiro atoms. The van der Waals surface area contributed by atoms with Crippen LogP contribution in [-0.4, -0.2) is 61.5 Å². The van der Waals surface area contributed by atoms with Crippen molar-refractivity contribution in [3.05, 3.63) is 0 Å². The molecule has 0 aliphatic carbocycles. The molecule has 0 aliphatic rings. The van der Waals surface area contributed by atoms with Crippen molar-refractivity contribution < 1.29 is 37.8 Å². The van der Waals surface area contributed by atoms with Crippen LogP contribution in [0.2, 0.25) is 0 Å². The van der Waals surface area contributed by atoms with Crippen molar-refractivity contribution in [2.45, 2.75) is 26.2 Å². The number of hydrogen-bond acceptors (Lipinski definition) is 9. The summed E-state index contributed by atoms with van der Waals surface area (Å²) >= 11 is -1.82. The fraction of sp³-hybridized carbons (Fsp3) is 1.00. The number of rotatable bonds is 14. The van der Waals surface area contributed by atoms with Crippen molar-refractivity contribution in [1.82, 2.24) is 0 Å². The van der Waals surface area contributed by atoms with Gasteiger partial charge in [-0.1, -0.05) is 6.42 Å². The van der Waals surface area contributed by atoms with E-state index in [0.29, 0.717) is 6.42 Å². The maximum atomic E-state index is 11.5. The third-order valence-electron chi connectivity index (χ3n) is 2.26. The molecule has 140 valence electrons. The molecule has 13 heteroatoms. The summed E-state index contributed by atoms with van der Waals surface area (Å²) in [6.45, 7) is 1.79. The van der Waals surface area contributed by atoms with E-state index in [1.807, 2.05) is 0 Å². The fourth-order valence-corrected chi connectivity index (χ4v) is 4.98. The van der Waals surface area contributed by atoms with E-state index in [1.54, 1.807) is 6.92 Å². The standard InChI is InChI=1S/C10H22O9S4/c1-3-17-21(12)10-19-23(15,16)8-6-4-5-7-22(13,14)18-9-20(2)11/h3-10H2,1-2H3. The molecule has 0 heterocycles. The van der Waals surface area contributed by atoms with E-state index in [2.05, 4.69) is 12.5 Å². The molecule has 0 aromatic carbocycles. The molecular formula is C10H22O9S4. The lowest BCUT2D eigenvalue weighted by atomic mass is 10.3. The highest BCUT2D eigenvalue weighted by atomic mass is 32.2. The van der Waals surface area contributed by atoms with Gasteiger partial charge in [0.2, 0.25) is 0 Å². The molecule has 0 bridgehead atoms. The van der Waals surface area contributed by atoms with Gasteiger partial charge in [0, 0.05) is 17.1 Å². The van der Waals surface area contributed by atoms with Gasteiger partial charge in [-0.15, -0.1) is 0 Å². The molecule has 0 aliphatic heterocycles. The first-order valence-electron chi connectivity index (χ1n) is 6.64. The van der Waals surface area contributed by atoms with Crippen LogP contribution in [0.25, 0.3) is 0 Å². The molecule has 0 saturated carbocycles. The topological polar surface area (TPSA) is 130 Å². The van der Waals surface area contributed by atoms with Crippen LogP contribution in [0.5, 0.6) is 0 Å². The second kappa shape index (κ2) is 11.6. The van der Waals surface area contributed by atoms with Crippen LogP contribution in [0.15, 0.2) is 0 Å². The van der Waals surface area contributed by atoms with Gasteiger partial charge < -0.3 is 0 Å². The Balaban J connectivity index is 3.93. The van der Waals surface area contributed by atoms with Crippen molar-refractivity contribution in [1.29, 1.82) is 0 Å². The van der Waals surface area contributed by atoms with E-state index in [9.17, 15) is 25.3 Å². The van der Waals surface area contributed by atoms with Gasteiger partial charge >= 0.3 is 0 Å². The molecule has 23 heavy (non-hydrogen) atoms. The number of hydrogen-bond donors (Lipinski definition) is 0. The molecule has 0 saturated heterocycles. The Kier molecular flexibility index (Phi) is 11.6. The quantitative estimate of drug-likeness (QED) is 0.281. The predicted octanol–water partition coefficient (Wildman–Crippen LogP) is -0.157. The molecule has 0 amide bonds. The Morgan fingerprint density at radius 2 is 1.30 bits per heavy atom. The summed E-state index contributed by atoms with van der Waals surface area (Å²) in [6, 6.07) is 0. The Labute approximate surface area is 142 Å². The lowest BCUT2D eigenvalue weighted by Crippen LogP contribution is -2.16. The summed E-state index contributed by atoms with van der Waals surface area (Å²) in [4.78, 5) is 0. The zero-order valence-electron chi connectivity index (χ0n) is 13.0. The van der Waals surface area contributed by atoms with Gasteiger partial charge in [-0.25, -0.2) is 4.21 Å². The van der Waals surface area contributed by atoms with Gasteiger partial charge in [0.05, 0.1) is 18.1 Å². The number of unbranched alkanes of at least 4 members (excludes halogenated alkanes) is 2. The zero-order valence-corrected chi connectivity index (χ0v) is 16.2. The summed E-state index contributed by atoms with van der Waals surface area (Å²) in [6.07, 6.45) is 2.05. The smallest absolute Gasteiger partial charge is 0.268 e. The average Bonchev–Trinajstić information content (AvgIpc) is 2.43. The minimum Gasteiger partial charge on any atom is -0.289 e. The summed E-state index contributed by atoms with van der Waals surface area (Å²) in [7, 11) is -8.95. The minimum atomic E-state index is -3.83. The lowest BCUT2D eigenvalue weighted by molar-refractivity contribution is 0.327. The first-order valence-corrected chi connectivity index (χ1v) is 12.8. The van der Waals surface area contributed by atoms with E-state index >= 15 is 0 Å². The van der Waals surface area contributed by atoms with Crippen LogP contribution in [-0.2, 0) is 54.7 Å². The van der Waals surface area contributed by atoms with E-state index in [4.69, 9.17) is 0 Å². The first kappa shape index (κ1) is 23.1. The fourth-order valence-electron chi connectivity index (χ4n) is 1.27. The first-order chi connectivity index (χ1) is 10.6. The third kappa shape index (κ3) is 14.2. The maximum absolute atomic E-state index is 11.5. The Hall–Kier alpha value is 0.0800. The van der Waals surface area contributed by atoms with E-state index in [0.717, 1.165) is 0 Å². The molecule has 2 unspecified atom stereocenters. The summed E-state index contributed by atoms with van der Waals surface area (Å²) in [5, 5.41) is 0. The largest absolute Gasteiger partial charge is 0.289 e. The van der Waals surface area contributed by atoms with Gasteiger partial charge in [0.15, 0.2) is 17.0 Å². The molecule has 9 nitrogen and oxygen atoms in total. The molecule has 0 aromatic rings. The molecule has 0 N–H and O–H groups in total. The van der Waals surface area contributed by atoms with E-state index in [-0.39, 0.29) is 36.9 Å². The monoisotopic (exact) mass is 414 g/mol. The van der Waals surface area contributed by atoms with Crippen molar-refractivity contribution in [2.75, 3.05) is 36.2 Å². The van der Waals surface area contributed by atoms with Crippen molar-refractivity contribution in [3.8, 4) is 0 Å². The van der Waals surface area contributed by atoms with Crippen LogP contribution in [0.3, 0.4) is 0 Å². The Bertz CT molecular complexity index is 581. The Morgan fingerprint density at radius 3 is 1.74 bits per heavy atom. The van der Waals surface area contributed by atoms with Gasteiger partial charge in [0.25, 0.3) is 20.2 Å². The van der Waals surface area contributed by atoms with Crippen LogP contribution in [0.1, 0.15) is 26.2 Å². The van der Waals surface area contributed by atoms with Gasteiger partial charge in [-0.2, -0.15) is 16.8 Å². The van der Waals surface area contributed by atoms with Crippen LogP contribution in [0.4, 0.5) is 0 Å². The second-order valence-corrected chi connectivity index (χ2v) is 10.3. The second-order valence-electron chi connectivity index (χ2n) is 4.34. The molecule has 0 aromatic heterocycles. The zero-order chi connectivity index (χ0) is 17.9. The molecule has 0 fully saturated rings. The van der Waals surface area contributed by atoms with Crippen LogP contribution >= 0.6 is 0 Å². The van der Waals surface area contributed by atoms with Crippen molar-refractivity contribution in [2.24, 2.45) is 0 Å². The molecular weight excluding hydrogens is 392 g/mol. The molecule has 0 rings (SSSR count). The van der Waals surface area contributed by atoms with Gasteiger partial charge in [0.1, 0.15) is 5.94 Å². The SMILES string of the molecule is CCOS(=O)COS(=O)(=O)CCCCCS(=O)(=O)OCS(C)=O. The van der Waals surface area contributed by atoms with E-state index < -0.39 is 48.1 Å². The highest BCUT2D eigenvalue weighted by molar-refractivity contribution is 7.88. The highest BCUT2D eigenvalue weighted by Gasteiger charge is 2.15. The highest BCUT2D eigenvalue weighted by Crippen LogP contribution is 2.06. The lowest BCUT2D eigenvalue weighted by Gasteiger charge is -2.06. The third-order valence-corrected chi connectivity index (χ3v) is 6.34. The van der Waals surface area contributed by atoms with Crippen LogP contribution in [0, 0.1) is 0 Å². The van der Waals surface area contributed by atoms with Gasteiger partial charge in [-0.3, -0.25) is 16.8 Å². The van der Waals surface area contributed by atoms with Crippen LogP contribution < -0.4 is 0 Å². The summed E-state index contributed by atoms with van der Waals surface area (Å²) < 4.78 is 81.2. The average molecular weight is 415 g/mol. The van der Waals surface area contributed by atoms with Crippen molar-refractivity contribution in [3.63, 3.8) is 0 Å². The molecule has 0 radical (unpaired) electrons. The summed E-state index contributed by atoms with van der Waals surface area (Å²) in [5.41, 5.74) is 0. The van der Waals surface area contributed by atoms with E-state index in [1.165, 1.54) is 6.26 Å². The normalized spacial score (nSPS) is 15.4.